The summed E-state index contributed by atoms with van der Waals surface area (Å²) in [5.74, 6) is 0. The Bertz CT molecular complexity index is 1010. The fourth-order valence-electron chi connectivity index (χ4n) is 3.43. The molecule has 3 heterocycles. The molecule has 1 aliphatic heterocycles. The highest BCUT2D eigenvalue weighted by Gasteiger charge is 2.23. The third-order valence-corrected chi connectivity index (χ3v) is 5.81. The monoisotopic (exact) mass is 403 g/mol. The summed E-state index contributed by atoms with van der Waals surface area (Å²) >= 11 is 12.6. The smallest absolute Gasteiger partial charge is 0.292 e. The Morgan fingerprint density at radius 2 is 1.96 bits per heavy atom. The first-order valence-corrected chi connectivity index (χ1v) is 9.57. The molecule has 0 unspecified atom stereocenters. The Hall–Kier alpha value is -2.31. The van der Waals surface area contributed by atoms with Gasteiger partial charge in [0.15, 0.2) is 0 Å². The minimum atomic E-state index is -0.342. The molecule has 3 aromatic rings. The van der Waals surface area contributed by atoms with Gasteiger partial charge in [-0.2, -0.15) is 9.78 Å². The number of rotatable bonds is 3. The maximum Gasteiger partial charge on any atom is 0.292 e. The van der Waals surface area contributed by atoms with Crippen molar-refractivity contribution < 1.29 is 0 Å². The molecule has 0 N–H and O–H groups in total. The van der Waals surface area contributed by atoms with Crippen LogP contribution in [-0.4, -0.2) is 32.4 Å². The maximum absolute atomic E-state index is 12.8. The van der Waals surface area contributed by atoms with E-state index in [9.17, 15) is 4.79 Å². The van der Waals surface area contributed by atoms with Gasteiger partial charge in [-0.05, 0) is 37.5 Å². The SMILES string of the molecule is Cc1ccc(-n2ncc(N3CCC(n4ccnc4)CC3)c(Cl)c2=O)cc1Cl. The van der Waals surface area contributed by atoms with Crippen molar-refractivity contribution in [1.29, 1.82) is 0 Å². The van der Waals surface area contributed by atoms with Crippen LogP contribution in [0.1, 0.15) is 24.4 Å². The molecule has 0 atom stereocenters. The van der Waals surface area contributed by atoms with Crippen LogP contribution in [0.4, 0.5) is 5.69 Å². The second-order valence-corrected chi connectivity index (χ2v) is 7.51. The van der Waals surface area contributed by atoms with Gasteiger partial charge in [-0.25, -0.2) is 4.98 Å². The molecule has 140 valence electrons. The van der Waals surface area contributed by atoms with E-state index >= 15 is 0 Å². The van der Waals surface area contributed by atoms with Crippen LogP contribution < -0.4 is 10.5 Å². The first-order chi connectivity index (χ1) is 13.0. The van der Waals surface area contributed by atoms with Crippen molar-refractivity contribution in [3.8, 4) is 5.69 Å². The van der Waals surface area contributed by atoms with Gasteiger partial charge in [0, 0.05) is 36.5 Å². The predicted molar refractivity (Wildman–Crippen MR) is 107 cm³/mol. The van der Waals surface area contributed by atoms with Gasteiger partial charge in [0.2, 0.25) is 0 Å². The topological polar surface area (TPSA) is 56.0 Å². The Kier molecular flexibility index (Phi) is 4.93. The fraction of sp³-hybridized carbons (Fsp3) is 0.316. The van der Waals surface area contributed by atoms with Gasteiger partial charge >= 0.3 is 0 Å². The Morgan fingerprint density at radius 1 is 1.19 bits per heavy atom. The molecule has 2 aromatic heterocycles. The number of aryl methyl sites for hydroxylation is 1. The molecule has 1 saturated heterocycles. The zero-order valence-electron chi connectivity index (χ0n) is 14.8. The molecule has 0 radical (unpaired) electrons. The van der Waals surface area contributed by atoms with Gasteiger partial charge in [-0.1, -0.05) is 29.3 Å². The van der Waals surface area contributed by atoms with E-state index in [4.69, 9.17) is 23.2 Å². The molecule has 0 amide bonds. The molecule has 4 rings (SSSR count). The number of benzene rings is 1. The van der Waals surface area contributed by atoms with E-state index in [2.05, 4.69) is 19.5 Å². The Morgan fingerprint density at radius 3 is 2.63 bits per heavy atom. The van der Waals surface area contributed by atoms with Crippen molar-refractivity contribution in [3.05, 3.63) is 69.1 Å². The summed E-state index contributed by atoms with van der Waals surface area (Å²) in [5, 5.41) is 5.10. The van der Waals surface area contributed by atoms with Crippen LogP contribution >= 0.6 is 23.2 Å². The highest BCUT2D eigenvalue weighted by molar-refractivity contribution is 6.33. The Balaban J connectivity index is 1.57. The summed E-state index contributed by atoms with van der Waals surface area (Å²) in [5.41, 5.74) is 1.88. The van der Waals surface area contributed by atoms with Crippen LogP contribution in [0.25, 0.3) is 5.69 Å². The van der Waals surface area contributed by atoms with Gasteiger partial charge < -0.3 is 9.47 Å². The summed E-state index contributed by atoms with van der Waals surface area (Å²) in [6, 6.07) is 5.81. The number of anilines is 1. The number of aromatic nitrogens is 4. The molecule has 0 spiro atoms. The second kappa shape index (κ2) is 7.37. The van der Waals surface area contributed by atoms with E-state index in [1.807, 2.05) is 31.6 Å². The second-order valence-electron chi connectivity index (χ2n) is 6.72. The van der Waals surface area contributed by atoms with Crippen LogP contribution in [-0.2, 0) is 0 Å². The molecular weight excluding hydrogens is 385 g/mol. The van der Waals surface area contributed by atoms with Crippen LogP contribution in [0.2, 0.25) is 10.0 Å². The number of piperidine rings is 1. The molecule has 8 heteroatoms. The number of imidazole rings is 1. The van der Waals surface area contributed by atoms with Crippen LogP contribution in [0.5, 0.6) is 0 Å². The highest BCUT2D eigenvalue weighted by Crippen LogP contribution is 2.29. The summed E-state index contributed by atoms with van der Waals surface area (Å²) < 4.78 is 3.42. The first-order valence-electron chi connectivity index (χ1n) is 8.81. The predicted octanol–water partition coefficient (Wildman–Crippen LogP) is 3.89. The number of nitrogens with zero attached hydrogens (tertiary/aromatic N) is 5. The third kappa shape index (κ3) is 3.47. The minimum absolute atomic E-state index is 0.183. The average molecular weight is 404 g/mol. The van der Waals surface area contributed by atoms with E-state index in [0.717, 1.165) is 31.5 Å². The van der Waals surface area contributed by atoms with Crippen LogP contribution in [0.15, 0.2) is 47.9 Å². The molecule has 1 aromatic carbocycles. The van der Waals surface area contributed by atoms with Crippen LogP contribution in [0.3, 0.4) is 0 Å². The molecule has 1 fully saturated rings. The van der Waals surface area contributed by atoms with Gasteiger partial charge in [-0.15, -0.1) is 0 Å². The quantitative estimate of drug-likeness (QED) is 0.665. The molecule has 27 heavy (non-hydrogen) atoms. The fourth-order valence-corrected chi connectivity index (χ4v) is 3.86. The van der Waals surface area contributed by atoms with Crippen molar-refractivity contribution in [2.75, 3.05) is 18.0 Å². The lowest BCUT2D eigenvalue weighted by Crippen LogP contribution is -2.36. The summed E-state index contributed by atoms with van der Waals surface area (Å²) in [4.78, 5) is 19.0. The molecule has 6 nitrogen and oxygen atoms in total. The normalized spacial score (nSPS) is 15.3. The third-order valence-electron chi connectivity index (χ3n) is 5.05. The first kappa shape index (κ1) is 18.1. The maximum atomic E-state index is 12.8. The van der Waals surface area contributed by atoms with Gasteiger partial charge in [-0.3, -0.25) is 4.79 Å². The summed E-state index contributed by atoms with van der Waals surface area (Å²) in [7, 11) is 0. The summed E-state index contributed by atoms with van der Waals surface area (Å²) in [6.45, 7) is 3.53. The van der Waals surface area contributed by atoms with E-state index in [1.165, 1.54) is 4.68 Å². The van der Waals surface area contributed by atoms with Crippen molar-refractivity contribution in [2.45, 2.75) is 25.8 Å². The van der Waals surface area contributed by atoms with Gasteiger partial charge in [0.1, 0.15) is 5.02 Å². The minimum Gasteiger partial charge on any atom is -0.369 e. The van der Waals surface area contributed by atoms with Crippen molar-refractivity contribution in [3.63, 3.8) is 0 Å². The average Bonchev–Trinajstić information content (AvgIpc) is 3.21. The highest BCUT2D eigenvalue weighted by atomic mass is 35.5. The standard InChI is InChI=1S/C19H19Cl2N5O/c1-13-2-3-15(10-16(13)20)26-19(27)18(21)17(11-23-26)24-7-4-14(5-8-24)25-9-6-22-12-25/h2-3,6,9-12,14H,4-5,7-8H2,1H3. The zero-order valence-corrected chi connectivity index (χ0v) is 16.4. The van der Waals surface area contributed by atoms with E-state index in [0.29, 0.717) is 22.4 Å². The number of hydrogen-bond acceptors (Lipinski definition) is 4. The lowest BCUT2D eigenvalue weighted by Gasteiger charge is -2.34. The van der Waals surface area contributed by atoms with E-state index in [-0.39, 0.29) is 10.6 Å². The molecular formula is C19H19Cl2N5O. The number of halogens is 2. The van der Waals surface area contributed by atoms with E-state index in [1.54, 1.807) is 18.5 Å². The zero-order chi connectivity index (χ0) is 19.0. The van der Waals surface area contributed by atoms with E-state index < -0.39 is 0 Å². The summed E-state index contributed by atoms with van der Waals surface area (Å²) in [6.07, 6.45) is 9.22. The largest absolute Gasteiger partial charge is 0.369 e. The lowest BCUT2D eigenvalue weighted by molar-refractivity contribution is 0.395. The lowest BCUT2D eigenvalue weighted by atomic mass is 10.0. The molecule has 0 saturated carbocycles. The molecule has 1 aliphatic rings. The molecule has 0 bridgehead atoms. The van der Waals surface area contributed by atoms with Crippen molar-refractivity contribution in [2.24, 2.45) is 0 Å². The number of hydrogen-bond donors (Lipinski definition) is 0. The molecule has 0 aliphatic carbocycles. The van der Waals surface area contributed by atoms with Crippen molar-refractivity contribution in [1.82, 2.24) is 19.3 Å². The van der Waals surface area contributed by atoms with Crippen LogP contribution in [0, 0.1) is 6.92 Å². The van der Waals surface area contributed by atoms with Gasteiger partial charge in [0.25, 0.3) is 5.56 Å². The van der Waals surface area contributed by atoms with Crippen molar-refractivity contribution >= 4 is 28.9 Å². The Labute approximate surface area is 167 Å². The van der Waals surface area contributed by atoms with Gasteiger partial charge in [0.05, 0.1) is 23.9 Å².